The summed E-state index contributed by atoms with van der Waals surface area (Å²) in [6.45, 7) is 0. The fourth-order valence-electron chi connectivity index (χ4n) is 2.51. The van der Waals surface area contributed by atoms with Crippen LogP contribution in [0.15, 0.2) is 54.2 Å². The smallest absolute Gasteiger partial charge is 0.148 e. The number of imidazole rings is 1. The molecule has 0 aliphatic heterocycles. The summed E-state index contributed by atoms with van der Waals surface area (Å²) < 4.78 is 16.9. The first-order valence-corrected chi connectivity index (χ1v) is 8.22. The lowest BCUT2D eigenvalue weighted by atomic mass is 10.2. The zero-order chi connectivity index (χ0) is 17.4. The highest BCUT2D eigenvalue weighted by Gasteiger charge is 2.12. The fraction of sp³-hybridized carbons (Fsp3) is 0.0588. The van der Waals surface area contributed by atoms with Crippen molar-refractivity contribution in [2.45, 2.75) is 0 Å². The van der Waals surface area contributed by atoms with E-state index in [9.17, 15) is 9.30 Å². The van der Waals surface area contributed by atoms with Crippen molar-refractivity contribution in [1.82, 2.24) is 14.5 Å². The number of pyridine rings is 1. The molecule has 0 bridgehead atoms. The molecule has 1 N–H and O–H groups in total. The predicted octanol–water partition coefficient (Wildman–Crippen LogP) is 4.98. The Labute approximate surface area is 146 Å². The number of aromatic nitrogens is 3. The predicted molar refractivity (Wildman–Crippen MR) is 97.0 cm³/mol. The number of anilines is 2. The van der Waals surface area contributed by atoms with Crippen molar-refractivity contribution in [3.05, 3.63) is 59.8 Å². The van der Waals surface area contributed by atoms with E-state index in [-0.39, 0.29) is 11.4 Å². The van der Waals surface area contributed by atoms with E-state index < -0.39 is 5.82 Å². The number of hydrogen-bond donors (Lipinski definition) is 1. The molecule has 6 nitrogen and oxygen atoms in total. The lowest BCUT2D eigenvalue weighted by Gasteiger charge is -2.08. The van der Waals surface area contributed by atoms with Crippen LogP contribution in [0.5, 0.6) is 0 Å². The van der Waals surface area contributed by atoms with Crippen molar-refractivity contribution >= 4 is 38.6 Å². The highest BCUT2D eigenvalue weighted by atomic mass is 32.1. The first-order chi connectivity index (χ1) is 12.1. The molecular formula is C17H12FN5OS. The molecule has 3 heterocycles. The van der Waals surface area contributed by atoms with Gasteiger partial charge in [0.2, 0.25) is 0 Å². The van der Waals surface area contributed by atoms with Crippen LogP contribution in [0.25, 0.3) is 20.8 Å². The molecule has 3 aromatic heterocycles. The molecule has 0 saturated carbocycles. The first-order valence-electron chi connectivity index (χ1n) is 7.41. The van der Waals surface area contributed by atoms with Gasteiger partial charge in [-0.25, -0.2) is 9.37 Å². The SMILES string of the molecule is Cn1cnc(-c2cc3nccc(Nc4ccc(N=O)cc4F)c3s2)c1. The van der Waals surface area contributed by atoms with E-state index >= 15 is 0 Å². The number of nitrogens with zero attached hydrogens (tertiary/aromatic N) is 4. The van der Waals surface area contributed by atoms with E-state index in [1.54, 1.807) is 18.6 Å². The minimum Gasteiger partial charge on any atom is -0.352 e. The van der Waals surface area contributed by atoms with Crippen molar-refractivity contribution in [3.8, 4) is 10.6 Å². The third-order valence-corrected chi connectivity index (χ3v) is 4.88. The fourth-order valence-corrected chi connectivity index (χ4v) is 3.56. The van der Waals surface area contributed by atoms with Gasteiger partial charge >= 0.3 is 0 Å². The van der Waals surface area contributed by atoms with Crippen LogP contribution in [0.1, 0.15) is 0 Å². The molecule has 0 aliphatic carbocycles. The summed E-state index contributed by atoms with van der Waals surface area (Å²) in [7, 11) is 1.91. The van der Waals surface area contributed by atoms with Crippen LogP contribution in [0, 0.1) is 10.7 Å². The number of aryl methyl sites for hydroxylation is 1. The number of halogens is 1. The van der Waals surface area contributed by atoms with Crippen molar-refractivity contribution in [3.63, 3.8) is 0 Å². The van der Waals surface area contributed by atoms with Gasteiger partial charge < -0.3 is 9.88 Å². The number of nitrogens with one attached hydrogen (secondary N) is 1. The molecule has 4 aromatic rings. The van der Waals surface area contributed by atoms with Gasteiger partial charge in [0.05, 0.1) is 38.5 Å². The van der Waals surface area contributed by atoms with Crippen molar-refractivity contribution in [2.75, 3.05) is 5.32 Å². The second-order valence-electron chi connectivity index (χ2n) is 5.49. The van der Waals surface area contributed by atoms with Crippen LogP contribution >= 0.6 is 11.3 Å². The third-order valence-electron chi connectivity index (χ3n) is 3.70. The second kappa shape index (κ2) is 6.06. The van der Waals surface area contributed by atoms with Crippen LogP contribution in [-0.2, 0) is 7.05 Å². The Hall–Kier alpha value is -3.13. The molecule has 0 radical (unpaired) electrons. The zero-order valence-electron chi connectivity index (χ0n) is 13.1. The lowest BCUT2D eigenvalue weighted by Crippen LogP contribution is -1.94. The monoisotopic (exact) mass is 353 g/mol. The number of rotatable bonds is 4. The quantitative estimate of drug-likeness (QED) is 0.525. The maximum atomic E-state index is 14.1. The number of nitroso groups, excluding NO2 is 1. The summed E-state index contributed by atoms with van der Waals surface area (Å²) in [6, 6.07) is 7.80. The van der Waals surface area contributed by atoms with Crippen molar-refractivity contribution in [1.29, 1.82) is 0 Å². The average molecular weight is 353 g/mol. The highest BCUT2D eigenvalue weighted by Crippen LogP contribution is 2.37. The molecule has 0 unspecified atom stereocenters. The largest absolute Gasteiger partial charge is 0.352 e. The Morgan fingerprint density at radius 3 is 2.80 bits per heavy atom. The molecule has 0 atom stereocenters. The van der Waals surface area contributed by atoms with E-state index in [2.05, 4.69) is 20.5 Å². The Morgan fingerprint density at radius 1 is 1.20 bits per heavy atom. The van der Waals surface area contributed by atoms with Crippen LogP contribution in [0.4, 0.5) is 21.5 Å². The molecule has 0 aliphatic rings. The molecule has 0 amide bonds. The van der Waals surface area contributed by atoms with Gasteiger partial charge in [0, 0.05) is 25.5 Å². The number of hydrogen-bond acceptors (Lipinski definition) is 6. The summed E-state index contributed by atoms with van der Waals surface area (Å²) in [5.41, 5.74) is 2.73. The summed E-state index contributed by atoms with van der Waals surface area (Å²) >= 11 is 1.53. The van der Waals surface area contributed by atoms with Gasteiger partial charge in [0.25, 0.3) is 0 Å². The van der Waals surface area contributed by atoms with Gasteiger partial charge in [-0.1, -0.05) is 0 Å². The van der Waals surface area contributed by atoms with Gasteiger partial charge in [-0.15, -0.1) is 16.2 Å². The Morgan fingerprint density at radius 2 is 2.08 bits per heavy atom. The van der Waals surface area contributed by atoms with Gasteiger partial charge in [-0.2, -0.15) is 0 Å². The number of benzene rings is 1. The van der Waals surface area contributed by atoms with Crippen LogP contribution in [0.3, 0.4) is 0 Å². The molecule has 124 valence electrons. The number of thiophene rings is 1. The van der Waals surface area contributed by atoms with Crippen LogP contribution < -0.4 is 5.32 Å². The zero-order valence-corrected chi connectivity index (χ0v) is 13.9. The molecule has 1 aromatic carbocycles. The Kier molecular flexibility index (Phi) is 3.73. The van der Waals surface area contributed by atoms with Gasteiger partial charge in [-0.05, 0) is 29.4 Å². The van der Waals surface area contributed by atoms with Crippen LogP contribution in [0.2, 0.25) is 0 Å². The molecule has 8 heteroatoms. The Balaban J connectivity index is 1.75. The van der Waals surface area contributed by atoms with Gasteiger partial charge in [0.15, 0.2) is 0 Å². The summed E-state index contributed by atoms with van der Waals surface area (Å²) in [5, 5.41) is 5.80. The van der Waals surface area contributed by atoms with Crippen molar-refractivity contribution < 1.29 is 4.39 Å². The first kappa shape index (κ1) is 15.4. The van der Waals surface area contributed by atoms with E-state index in [0.29, 0.717) is 0 Å². The molecular weight excluding hydrogens is 341 g/mol. The Bertz CT molecular complexity index is 1090. The minimum absolute atomic E-state index is 0.0523. The summed E-state index contributed by atoms with van der Waals surface area (Å²) in [6.07, 6.45) is 5.34. The molecule has 4 rings (SSSR count). The summed E-state index contributed by atoms with van der Waals surface area (Å²) in [4.78, 5) is 20.2. The van der Waals surface area contributed by atoms with Crippen molar-refractivity contribution in [2.24, 2.45) is 12.2 Å². The second-order valence-corrected chi connectivity index (χ2v) is 6.54. The van der Waals surface area contributed by atoms with Crippen LogP contribution in [-0.4, -0.2) is 14.5 Å². The molecule has 0 fully saturated rings. The maximum Gasteiger partial charge on any atom is 0.148 e. The van der Waals surface area contributed by atoms with E-state index in [1.807, 2.05) is 23.9 Å². The highest BCUT2D eigenvalue weighted by molar-refractivity contribution is 7.22. The van der Waals surface area contributed by atoms with Gasteiger partial charge in [0.1, 0.15) is 11.5 Å². The van der Waals surface area contributed by atoms with E-state index in [4.69, 9.17) is 0 Å². The van der Waals surface area contributed by atoms with Gasteiger partial charge in [-0.3, -0.25) is 4.98 Å². The topological polar surface area (TPSA) is 72.2 Å². The van der Waals surface area contributed by atoms with E-state index in [1.165, 1.54) is 23.5 Å². The lowest BCUT2D eigenvalue weighted by molar-refractivity contribution is 0.632. The average Bonchev–Trinajstić information content (AvgIpc) is 3.23. The maximum absolute atomic E-state index is 14.1. The third kappa shape index (κ3) is 2.87. The molecule has 0 saturated heterocycles. The standard InChI is InChI=1S/C17H12FN5OS/c1-23-8-15(20-9-23)16-7-14-17(25-16)13(4-5-19-14)21-12-3-2-10(22-24)6-11(12)18/h2-9H,1H3,(H,19,21). The normalized spacial score (nSPS) is 11.0. The summed E-state index contributed by atoms with van der Waals surface area (Å²) in [5.74, 6) is -0.538. The van der Waals surface area contributed by atoms with E-state index in [0.717, 1.165) is 32.5 Å². The minimum atomic E-state index is -0.538. The molecule has 0 spiro atoms. The molecule has 25 heavy (non-hydrogen) atoms. The number of fused-ring (bicyclic) bond motifs is 1.